The summed E-state index contributed by atoms with van der Waals surface area (Å²) < 4.78 is 0. The van der Waals surface area contributed by atoms with Gasteiger partial charge in [-0.1, -0.05) is 20.8 Å². The number of nitrogen functional groups attached to an aromatic ring is 1. The monoisotopic (exact) mass is 253 g/mol. The molecule has 1 heterocycles. The van der Waals surface area contributed by atoms with Crippen molar-refractivity contribution < 1.29 is 5.11 Å². The van der Waals surface area contributed by atoms with E-state index in [2.05, 4.69) is 27.6 Å². The van der Waals surface area contributed by atoms with E-state index in [9.17, 15) is 0 Å². The van der Waals surface area contributed by atoms with Crippen LogP contribution in [0.15, 0.2) is 6.07 Å². The highest BCUT2D eigenvalue weighted by molar-refractivity contribution is 5.47. The number of aliphatic hydroxyl groups excluding tert-OH is 1. The predicted molar refractivity (Wildman–Crippen MR) is 73.3 cm³/mol. The Morgan fingerprint density at radius 1 is 1.28 bits per heavy atom. The van der Waals surface area contributed by atoms with E-state index in [0.29, 0.717) is 11.7 Å². The molecule has 0 saturated carbocycles. The van der Waals surface area contributed by atoms with Crippen LogP contribution >= 0.6 is 0 Å². The van der Waals surface area contributed by atoms with Gasteiger partial charge in [0.1, 0.15) is 17.5 Å². The van der Waals surface area contributed by atoms with Crippen molar-refractivity contribution in [3.63, 3.8) is 0 Å². The topological polar surface area (TPSA) is 96.1 Å². The fourth-order valence-electron chi connectivity index (χ4n) is 1.49. The first-order valence-electron chi connectivity index (χ1n) is 6.27. The third-order valence-corrected chi connectivity index (χ3v) is 2.66. The third kappa shape index (κ3) is 4.46. The van der Waals surface area contributed by atoms with Gasteiger partial charge in [0, 0.05) is 25.1 Å². The Kier molecular flexibility index (Phi) is 5.80. The van der Waals surface area contributed by atoms with Gasteiger partial charge in [0.05, 0.1) is 0 Å². The van der Waals surface area contributed by atoms with Crippen molar-refractivity contribution in [2.75, 3.05) is 23.9 Å². The second kappa shape index (κ2) is 7.13. The van der Waals surface area contributed by atoms with E-state index in [1.165, 1.54) is 0 Å². The number of hydrogen-bond donors (Lipinski definition) is 4. The summed E-state index contributed by atoms with van der Waals surface area (Å²) in [5.41, 5.74) is 2.54. The fraction of sp³-hybridized carbons (Fsp3) is 0.667. The van der Waals surface area contributed by atoms with E-state index >= 15 is 0 Å². The average molecular weight is 253 g/mol. The molecule has 0 aromatic carbocycles. The maximum absolute atomic E-state index is 8.85. The number of aromatic nitrogens is 2. The van der Waals surface area contributed by atoms with Crippen LogP contribution in [0.2, 0.25) is 0 Å². The molecule has 0 bridgehead atoms. The zero-order valence-electron chi connectivity index (χ0n) is 11.3. The molecule has 102 valence electrons. The zero-order valence-corrected chi connectivity index (χ0v) is 11.3. The SMILES string of the molecule is CC(CCO)CNc1cc(NN)nc(C(C)C)n1. The summed E-state index contributed by atoms with van der Waals surface area (Å²) in [6.45, 7) is 7.12. The van der Waals surface area contributed by atoms with Crippen molar-refractivity contribution in [1.29, 1.82) is 0 Å². The lowest BCUT2D eigenvalue weighted by atomic mass is 10.1. The summed E-state index contributed by atoms with van der Waals surface area (Å²) in [6.07, 6.45) is 0.775. The second-order valence-corrected chi connectivity index (χ2v) is 4.79. The van der Waals surface area contributed by atoms with Crippen LogP contribution in [0.3, 0.4) is 0 Å². The Morgan fingerprint density at radius 2 is 1.94 bits per heavy atom. The number of hydrogen-bond acceptors (Lipinski definition) is 6. The second-order valence-electron chi connectivity index (χ2n) is 4.79. The van der Waals surface area contributed by atoms with E-state index < -0.39 is 0 Å². The molecule has 0 spiro atoms. The molecule has 0 aliphatic carbocycles. The van der Waals surface area contributed by atoms with Crippen molar-refractivity contribution in [2.45, 2.75) is 33.1 Å². The Hall–Kier alpha value is -1.40. The number of hydrazine groups is 1. The van der Waals surface area contributed by atoms with Crippen molar-refractivity contribution >= 4 is 11.6 Å². The molecule has 0 aliphatic rings. The lowest BCUT2D eigenvalue weighted by molar-refractivity contribution is 0.266. The third-order valence-electron chi connectivity index (χ3n) is 2.66. The minimum atomic E-state index is 0.208. The quantitative estimate of drug-likeness (QED) is 0.432. The first-order valence-corrected chi connectivity index (χ1v) is 6.27. The van der Waals surface area contributed by atoms with Gasteiger partial charge in [0.25, 0.3) is 0 Å². The summed E-state index contributed by atoms with van der Waals surface area (Å²) in [7, 11) is 0. The molecule has 0 fully saturated rings. The van der Waals surface area contributed by atoms with E-state index in [4.69, 9.17) is 10.9 Å². The molecule has 1 atom stereocenters. The molecule has 0 amide bonds. The van der Waals surface area contributed by atoms with Crippen molar-refractivity contribution in [3.8, 4) is 0 Å². The van der Waals surface area contributed by atoms with Gasteiger partial charge < -0.3 is 15.8 Å². The molecule has 18 heavy (non-hydrogen) atoms. The van der Waals surface area contributed by atoms with Crippen LogP contribution < -0.4 is 16.6 Å². The van der Waals surface area contributed by atoms with Gasteiger partial charge in [-0.3, -0.25) is 0 Å². The molecule has 1 aromatic heterocycles. The van der Waals surface area contributed by atoms with Crippen LogP contribution in [-0.2, 0) is 0 Å². The molecule has 5 N–H and O–H groups in total. The maximum atomic E-state index is 8.85. The summed E-state index contributed by atoms with van der Waals surface area (Å²) >= 11 is 0. The van der Waals surface area contributed by atoms with Gasteiger partial charge in [-0.05, 0) is 12.3 Å². The summed E-state index contributed by atoms with van der Waals surface area (Å²) in [5, 5.41) is 12.1. The Balaban J connectivity index is 2.72. The largest absolute Gasteiger partial charge is 0.396 e. The maximum Gasteiger partial charge on any atom is 0.145 e. The Morgan fingerprint density at radius 3 is 2.50 bits per heavy atom. The van der Waals surface area contributed by atoms with E-state index in [0.717, 1.165) is 24.6 Å². The van der Waals surface area contributed by atoms with Gasteiger partial charge in [0.2, 0.25) is 0 Å². The van der Waals surface area contributed by atoms with Gasteiger partial charge in [-0.15, -0.1) is 0 Å². The van der Waals surface area contributed by atoms with Gasteiger partial charge in [-0.2, -0.15) is 0 Å². The number of aliphatic hydroxyl groups is 1. The summed E-state index contributed by atoms with van der Waals surface area (Å²) in [4.78, 5) is 8.72. The number of anilines is 2. The number of nitrogens with two attached hydrogens (primary N) is 1. The average Bonchev–Trinajstić information content (AvgIpc) is 2.36. The highest BCUT2D eigenvalue weighted by atomic mass is 16.3. The van der Waals surface area contributed by atoms with E-state index in [1.54, 1.807) is 6.07 Å². The van der Waals surface area contributed by atoms with E-state index in [-0.39, 0.29) is 12.5 Å². The summed E-state index contributed by atoms with van der Waals surface area (Å²) in [6, 6.07) is 1.78. The fourth-order valence-corrected chi connectivity index (χ4v) is 1.49. The molecule has 0 aliphatic heterocycles. The first kappa shape index (κ1) is 14.7. The Labute approximate surface area is 108 Å². The summed E-state index contributed by atoms with van der Waals surface area (Å²) in [5.74, 6) is 8.14. The first-order chi connectivity index (χ1) is 8.56. The molecule has 0 radical (unpaired) electrons. The highest BCUT2D eigenvalue weighted by Gasteiger charge is 2.08. The molecule has 1 rings (SSSR count). The molecule has 1 aromatic rings. The molecule has 6 nitrogen and oxygen atoms in total. The number of nitrogens with zero attached hydrogens (tertiary/aromatic N) is 2. The smallest absolute Gasteiger partial charge is 0.145 e. The van der Waals surface area contributed by atoms with Gasteiger partial charge >= 0.3 is 0 Å². The predicted octanol–water partition coefficient (Wildman–Crippen LogP) is 1.32. The lowest BCUT2D eigenvalue weighted by Gasteiger charge is -2.14. The Bertz CT molecular complexity index is 369. The van der Waals surface area contributed by atoms with Crippen LogP contribution in [0.5, 0.6) is 0 Å². The number of rotatable bonds is 7. The highest BCUT2D eigenvalue weighted by Crippen LogP contribution is 2.16. The van der Waals surface area contributed by atoms with Gasteiger partial charge in [0.15, 0.2) is 0 Å². The van der Waals surface area contributed by atoms with Crippen molar-refractivity contribution in [1.82, 2.24) is 9.97 Å². The van der Waals surface area contributed by atoms with Crippen LogP contribution in [0.25, 0.3) is 0 Å². The standard InChI is InChI=1S/C12H23N5O/c1-8(2)12-15-10(6-11(16-12)17-13)14-7-9(3)4-5-18/h6,8-9,18H,4-5,7,13H2,1-3H3,(H2,14,15,16,17). The van der Waals surface area contributed by atoms with Crippen LogP contribution in [0.4, 0.5) is 11.6 Å². The lowest BCUT2D eigenvalue weighted by Crippen LogP contribution is -2.16. The molecule has 0 saturated heterocycles. The minimum absolute atomic E-state index is 0.208. The van der Waals surface area contributed by atoms with E-state index in [1.807, 2.05) is 13.8 Å². The van der Waals surface area contributed by atoms with Crippen molar-refractivity contribution in [2.24, 2.45) is 11.8 Å². The van der Waals surface area contributed by atoms with Crippen LogP contribution in [0.1, 0.15) is 38.9 Å². The van der Waals surface area contributed by atoms with Gasteiger partial charge in [-0.25, -0.2) is 15.8 Å². The van der Waals surface area contributed by atoms with Crippen LogP contribution in [-0.4, -0.2) is 28.2 Å². The molecule has 6 heteroatoms. The zero-order chi connectivity index (χ0) is 13.5. The normalized spacial score (nSPS) is 12.6. The molecular weight excluding hydrogens is 230 g/mol. The van der Waals surface area contributed by atoms with Crippen molar-refractivity contribution in [3.05, 3.63) is 11.9 Å². The molecular formula is C12H23N5O. The molecule has 1 unspecified atom stereocenters. The minimum Gasteiger partial charge on any atom is -0.396 e. The van der Waals surface area contributed by atoms with Crippen LogP contribution in [0, 0.1) is 5.92 Å². The number of nitrogens with one attached hydrogen (secondary N) is 2.